The van der Waals surface area contributed by atoms with Gasteiger partial charge in [-0.1, -0.05) is 23.7 Å². The van der Waals surface area contributed by atoms with Crippen LogP contribution in [-0.2, 0) is 0 Å². The second-order valence-corrected chi connectivity index (χ2v) is 4.32. The summed E-state index contributed by atoms with van der Waals surface area (Å²) in [6, 6.07) is 9.71. The van der Waals surface area contributed by atoms with Crippen molar-refractivity contribution in [2.24, 2.45) is 0 Å². The molecule has 0 amide bonds. The summed E-state index contributed by atoms with van der Waals surface area (Å²) >= 11 is 5.85. The number of nitrogens with zero attached hydrogens (tertiary/aromatic N) is 2. The molecule has 2 rings (SSSR count). The predicted octanol–water partition coefficient (Wildman–Crippen LogP) is 3.04. The Balaban J connectivity index is 2.35. The summed E-state index contributed by atoms with van der Waals surface area (Å²) in [5.74, 6) is 0.681. The predicted molar refractivity (Wildman–Crippen MR) is 66.6 cm³/mol. The second kappa shape index (κ2) is 4.18. The maximum absolute atomic E-state index is 5.88. The van der Waals surface area contributed by atoms with E-state index in [0.29, 0.717) is 5.82 Å². The monoisotopic (exact) mass is 235 g/mol. The van der Waals surface area contributed by atoms with Crippen LogP contribution in [0.4, 0.5) is 5.82 Å². The van der Waals surface area contributed by atoms with Crippen molar-refractivity contribution in [1.29, 1.82) is 0 Å². The second-order valence-electron chi connectivity index (χ2n) is 3.88. The zero-order valence-electron chi connectivity index (χ0n) is 9.31. The lowest BCUT2D eigenvalue weighted by atomic mass is 10.1. The van der Waals surface area contributed by atoms with Crippen molar-refractivity contribution >= 4 is 17.4 Å². The first kappa shape index (κ1) is 11.0. The molecule has 0 fully saturated rings. The molecule has 0 saturated heterocycles. The summed E-state index contributed by atoms with van der Waals surface area (Å²) in [5, 5.41) is 5.10. The molecule has 2 aromatic rings. The minimum Gasteiger partial charge on any atom is -0.384 e. The zero-order chi connectivity index (χ0) is 11.7. The number of benzene rings is 1. The van der Waals surface area contributed by atoms with Crippen LogP contribution >= 0.6 is 11.6 Å². The van der Waals surface area contributed by atoms with Gasteiger partial charge >= 0.3 is 0 Å². The van der Waals surface area contributed by atoms with E-state index in [1.54, 1.807) is 0 Å². The van der Waals surface area contributed by atoms with Crippen LogP contribution in [0.3, 0.4) is 0 Å². The van der Waals surface area contributed by atoms with Gasteiger partial charge in [-0.3, -0.25) is 0 Å². The van der Waals surface area contributed by atoms with Crippen molar-refractivity contribution in [1.82, 2.24) is 9.78 Å². The molecular weight excluding hydrogens is 222 g/mol. The van der Waals surface area contributed by atoms with Crippen molar-refractivity contribution in [2.75, 3.05) is 5.73 Å². The Kier molecular flexibility index (Phi) is 2.88. The summed E-state index contributed by atoms with van der Waals surface area (Å²) in [6.45, 7) is 3.99. The molecule has 0 aliphatic rings. The van der Waals surface area contributed by atoms with Crippen LogP contribution in [0.1, 0.15) is 24.2 Å². The fourth-order valence-electron chi connectivity index (χ4n) is 1.73. The topological polar surface area (TPSA) is 43.8 Å². The fourth-order valence-corrected chi connectivity index (χ4v) is 1.86. The number of nitrogens with two attached hydrogens (primary N) is 1. The van der Waals surface area contributed by atoms with Gasteiger partial charge in [-0.25, -0.2) is 4.68 Å². The van der Waals surface area contributed by atoms with E-state index in [2.05, 4.69) is 12.0 Å². The highest BCUT2D eigenvalue weighted by molar-refractivity contribution is 6.30. The van der Waals surface area contributed by atoms with Crippen molar-refractivity contribution in [2.45, 2.75) is 19.9 Å². The molecule has 0 radical (unpaired) electrons. The molecule has 3 nitrogen and oxygen atoms in total. The van der Waals surface area contributed by atoms with Gasteiger partial charge in [0.25, 0.3) is 0 Å². The highest BCUT2D eigenvalue weighted by atomic mass is 35.5. The molecule has 1 unspecified atom stereocenters. The van der Waals surface area contributed by atoms with Gasteiger partial charge < -0.3 is 5.73 Å². The number of rotatable bonds is 2. The lowest BCUT2D eigenvalue weighted by Crippen LogP contribution is -2.11. The Morgan fingerprint density at radius 1 is 1.31 bits per heavy atom. The third-order valence-corrected chi connectivity index (χ3v) is 2.86. The summed E-state index contributed by atoms with van der Waals surface area (Å²) in [7, 11) is 0. The lowest BCUT2D eigenvalue weighted by molar-refractivity contribution is 0.569. The number of halogens is 1. The van der Waals surface area contributed by atoms with E-state index in [-0.39, 0.29) is 6.04 Å². The fraction of sp³-hybridized carbons (Fsp3) is 0.250. The number of nitrogen functional groups attached to an aromatic ring is 1. The first-order valence-electron chi connectivity index (χ1n) is 5.15. The third kappa shape index (κ3) is 2.04. The van der Waals surface area contributed by atoms with Gasteiger partial charge in [0.1, 0.15) is 5.82 Å². The SMILES string of the molecule is Cc1cc(N)n(C(C)c2ccc(Cl)cc2)n1. The molecule has 0 saturated carbocycles. The van der Waals surface area contributed by atoms with Crippen LogP contribution in [0.5, 0.6) is 0 Å². The molecule has 16 heavy (non-hydrogen) atoms. The summed E-state index contributed by atoms with van der Waals surface area (Å²) < 4.78 is 1.82. The van der Waals surface area contributed by atoms with Crippen LogP contribution in [0, 0.1) is 6.92 Å². The Hall–Kier alpha value is -1.48. The molecule has 84 valence electrons. The standard InChI is InChI=1S/C12H14ClN3/c1-8-7-12(14)16(15-8)9(2)10-3-5-11(13)6-4-10/h3-7,9H,14H2,1-2H3. The van der Waals surface area contributed by atoms with Crippen molar-refractivity contribution in [3.05, 3.63) is 46.6 Å². The molecule has 2 N–H and O–H groups in total. The largest absolute Gasteiger partial charge is 0.384 e. The smallest absolute Gasteiger partial charge is 0.122 e. The van der Waals surface area contributed by atoms with Crippen molar-refractivity contribution in [3.63, 3.8) is 0 Å². The van der Waals surface area contributed by atoms with Gasteiger partial charge in [0.15, 0.2) is 0 Å². The number of hydrogen-bond acceptors (Lipinski definition) is 2. The highest BCUT2D eigenvalue weighted by Crippen LogP contribution is 2.22. The molecule has 1 aromatic carbocycles. The van der Waals surface area contributed by atoms with Gasteiger partial charge in [0.2, 0.25) is 0 Å². The van der Waals surface area contributed by atoms with E-state index in [0.717, 1.165) is 16.3 Å². The molecule has 1 heterocycles. The van der Waals surface area contributed by atoms with E-state index in [1.165, 1.54) is 0 Å². The maximum atomic E-state index is 5.88. The highest BCUT2D eigenvalue weighted by Gasteiger charge is 2.11. The maximum Gasteiger partial charge on any atom is 0.122 e. The summed E-state index contributed by atoms with van der Waals surface area (Å²) in [5.41, 5.74) is 7.95. The van der Waals surface area contributed by atoms with E-state index < -0.39 is 0 Å². The molecule has 0 aliphatic heterocycles. The Morgan fingerprint density at radius 2 is 1.94 bits per heavy atom. The quantitative estimate of drug-likeness (QED) is 0.870. The number of hydrogen-bond donors (Lipinski definition) is 1. The van der Waals surface area contributed by atoms with E-state index in [1.807, 2.05) is 41.9 Å². The Bertz CT molecular complexity index is 487. The van der Waals surface area contributed by atoms with E-state index >= 15 is 0 Å². The van der Waals surface area contributed by atoms with Gasteiger partial charge in [-0.2, -0.15) is 5.10 Å². The van der Waals surface area contributed by atoms with E-state index in [9.17, 15) is 0 Å². The third-order valence-electron chi connectivity index (χ3n) is 2.61. The molecule has 4 heteroatoms. The van der Waals surface area contributed by atoms with Gasteiger partial charge in [0, 0.05) is 11.1 Å². The van der Waals surface area contributed by atoms with Crippen LogP contribution in [-0.4, -0.2) is 9.78 Å². The van der Waals surface area contributed by atoms with Gasteiger partial charge in [0.05, 0.1) is 11.7 Å². The Labute approximate surface area is 99.8 Å². The minimum absolute atomic E-state index is 0.117. The van der Waals surface area contributed by atoms with Crippen LogP contribution in [0.25, 0.3) is 0 Å². The normalized spacial score (nSPS) is 12.7. The lowest BCUT2D eigenvalue weighted by Gasteiger charge is -2.14. The van der Waals surface area contributed by atoms with E-state index in [4.69, 9.17) is 17.3 Å². The first-order valence-corrected chi connectivity index (χ1v) is 5.53. The molecule has 0 bridgehead atoms. The molecule has 1 aromatic heterocycles. The number of aromatic nitrogens is 2. The Morgan fingerprint density at radius 3 is 2.44 bits per heavy atom. The number of aryl methyl sites for hydroxylation is 1. The first-order chi connectivity index (χ1) is 7.58. The summed E-state index contributed by atoms with van der Waals surface area (Å²) in [4.78, 5) is 0. The zero-order valence-corrected chi connectivity index (χ0v) is 10.1. The minimum atomic E-state index is 0.117. The molecule has 0 spiro atoms. The average Bonchev–Trinajstić information content (AvgIpc) is 2.58. The average molecular weight is 236 g/mol. The van der Waals surface area contributed by atoms with Gasteiger partial charge in [-0.05, 0) is 31.5 Å². The number of anilines is 1. The molecular formula is C12H14ClN3. The van der Waals surface area contributed by atoms with Crippen LogP contribution in [0.2, 0.25) is 5.02 Å². The van der Waals surface area contributed by atoms with Crippen LogP contribution < -0.4 is 5.73 Å². The van der Waals surface area contributed by atoms with Gasteiger partial charge in [-0.15, -0.1) is 0 Å². The van der Waals surface area contributed by atoms with Crippen molar-refractivity contribution in [3.8, 4) is 0 Å². The van der Waals surface area contributed by atoms with Crippen LogP contribution in [0.15, 0.2) is 30.3 Å². The molecule has 0 aliphatic carbocycles. The summed E-state index contributed by atoms with van der Waals surface area (Å²) in [6.07, 6.45) is 0. The van der Waals surface area contributed by atoms with Crippen molar-refractivity contribution < 1.29 is 0 Å². The molecule has 1 atom stereocenters.